The number of methoxy groups -OCH3 is 1. The van der Waals surface area contributed by atoms with Crippen molar-refractivity contribution in [2.75, 3.05) is 12.4 Å². The number of anilines is 1. The molecule has 146 valence electrons. The maximum absolute atomic E-state index is 12.7. The molecule has 0 fully saturated rings. The number of benzene rings is 2. The van der Waals surface area contributed by atoms with Crippen LogP contribution in [0.5, 0.6) is 5.75 Å². The highest BCUT2D eigenvalue weighted by Gasteiger charge is 2.21. The van der Waals surface area contributed by atoms with Gasteiger partial charge in [-0.2, -0.15) is 4.68 Å². The van der Waals surface area contributed by atoms with Gasteiger partial charge >= 0.3 is 0 Å². The fraction of sp³-hybridized carbons (Fsp3) is 0.263. The molecule has 9 heteroatoms. The number of hydrogen-bond donors (Lipinski definition) is 1. The predicted octanol–water partition coefficient (Wildman–Crippen LogP) is 4.06. The first-order valence-corrected chi connectivity index (χ1v) is 9.82. The third-order valence-corrected chi connectivity index (χ3v) is 5.37. The highest BCUT2D eigenvalue weighted by molar-refractivity contribution is 8.00. The van der Waals surface area contributed by atoms with E-state index in [9.17, 15) is 4.79 Å². The number of carbonyl (C=O) groups excluding carboxylic acids is 1. The lowest BCUT2D eigenvalue weighted by Crippen LogP contribution is -2.23. The fourth-order valence-corrected chi connectivity index (χ4v) is 3.55. The van der Waals surface area contributed by atoms with E-state index in [2.05, 4.69) is 20.8 Å². The molecule has 7 nitrogen and oxygen atoms in total. The molecule has 3 aromatic rings. The van der Waals surface area contributed by atoms with E-state index in [0.717, 1.165) is 16.8 Å². The van der Waals surface area contributed by atoms with Crippen molar-refractivity contribution >= 4 is 35.0 Å². The molecule has 3 rings (SSSR count). The SMILES string of the molecule is COc1ccc(Cl)cc1NC(=O)[C@@H](C)Sc1nnnn1-c1cc(C)ccc1C. The molecule has 0 aliphatic heterocycles. The van der Waals surface area contributed by atoms with E-state index in [4.69, 9.17) is 16.3 Å². The molecule has 0 aliphatic carbocycles. The van der Waals surface area contributed by atoms with Gasteiger partial charge in [0.05, 0.1) is 23.7 Å². The van der Waals surface area contributed by atoms with Crippen LogP contribution >= 0.6 is 23.4 Å². The second kappa shape index (κ2) is 8.62. The van der Waals surface area contributed by atoms with Gasteiger partial charge in [0.1, 0.15) is 5.75 Å². The molecular weight excluding hydrogens is 398 g/mol. The van der Waals surface area contributed by atoms with Crippen molar-refractivity contribution in [2.45, 2.75) is 31.2 Å². The number of hydrogen-bond acceptors (Lipinski definition) is 6. The predicted molar refractivity (Wildman–Crippen MR) is 111 cm³/mol. The van der Waals surface area contributed by atoms with Crippen LogP contribution in [-0.4, -0.2) is 38.5 Å². The Kier molecular flexibility index (Phi) is 6.21. The lowest BCUT2D eigenvalue weighted by Gasteiger charge is -2.14. The van der Waals surface area contributed by atoms with Gasteiger partial charge < -0.3 is 10.1 Å². The molecule has 2 aromatic carbocycles. The Labute approximate surface area is 172 Å². The minimum atomic E-state index is -0.446. The maximum atomic E-state index is 12.7. The number of ether oxygens (including phenoxy) is 1. The number of amides is 1. The number of tetrazole rings is 1. The number of aromatic nitrogens is 4. The highest BCUT2D eigenvalue weighted by Crippen LogP contribution is 2.30. The summed E-state index contributed by atoms with van der Waals surface area (Å²) in [6.07, 6.45) is 0. The van der Waals surface area contributed by atoms with E-state index in [1.54, 1.807) is 29.8 Å². The van der Waals surface area contributed by atoms with Crippen LogP contribution in [-0.2, 0) is 4.79 Å². The largest absolute Gasteiger partial charge is 0.495 e. The summed E-state index contributed by atoms with van der Waals surface area (Å²) in [7, 11) is 1.54. The average Bonchev–Trinajstić information content (AvgIpc) is 3.11. The van der Waals surface area contributed by atoms with Gasteiger partial charge in [0, 0.05) is 5.02 Å². The normalized spacial score (nSPS) is 11.9. The molecule has 1 N–H and O–H groups in total. The van der Waals surface area contributed by atoms with Crippen LogP contribution in [0.3, 0.4) is 0 Å². The van der Waals surface area contributed by atoms with Crippen molar-refractivity contribution in [1.82, 2.24) is 20.2 Å². The quantitative estimate of drug-likeness (QED) is 0.609. The number of nitrogens with zero attached hydrogens (tertiary/aromatic N) is 4. The molecule has 0 spiro atoms. The number of halogens is 1. The molecule has 1 amide bonds. The van der Waals surface area contributed by atoms with Gasteiger partial charge in [-0.05, 0) is 66.6 Å². The zero-order chi connectivity index (χ0) is 20.3. The van der Waals surface area contributed by atoms with Crippen molar-refractivity contribution in [2.24, 2.45) is 0 Å². The highest BCUT2D eigenvalue weighted by atomic mass is 35.5. The Balaban J connectivity index is 1.78. The summed E-state index contributed by atoms with van der Waals surface area (Å²) in [5.74, 6) is 0.330. The van der Waals surface area contributed by atoms with Gasteiger partial charge in [0.25, 0.3) is 0 Å². The molecule has 1 aromatic heterocycles. The summed E-state index contributed by atoms with van der Waals surface area (Å²) in [6, 6.07) is 11.1. The summed E-state index contributed by atoms with van der Waals surface area (Å²) in [5.41, 5.74) is 3.55. The number of nitrogens with one attached hydrogen (secondary N) is 1. The Morgan fingerprint density at radius 2 is 2.04 bits per heavy atom. The maximum Gasteiger partial charge on any atom is 0.237 e. The van der Waals surface area contributed by atoms with E-state index in [-0.39, 0.29) is 5.91 Å². The van der Waals surface area contributed by atoms with Gasteiger partial charge in [0.15, 0.2) is 0 Å². The third kappa shape index (κ3) is 4.45. The second-order valence-electron chi connectivity index (χ2n) is 6.26. The minimum absolute atomic E-state index is 0.207. The minimum Gasteiger partial charge on any atom is -0.495 e. The van der Waals surface area contributed by atoms with Crippen molar-refractivity contribution in [3.63, 3.8) is 0 Å². The van der Waals surface area contributed by atoms with Crippen LogP contribution in [0.25, 0.3) is 5.69 Å². The van der Waals surface area contributed by atoms with Crippen LogP contribution in [0.4, 0.5) is 5.69 Å². The first kappa shape index (κ1) is 20.2. The monoisotopic (exact) mass is 417 g/mol. The smallest absolute Gasteiger partial charge is 0.237 e. The average molecular weight is 418 g/mol. The third-order valence-electron chi connectivity index (χ3n) is 4.10. The standard InChI is InChI=1S/C19H20ClN5O2S/c1-11-5-6-12(2)16(9-11)25-19(22-23-24-25)28-13(3)18(26)21-15-10-14(20)7-8-17(15)27-4/h5-10,13H,1-4H3,(H,21,26)/t13-/m1/s1. The zero-order valence-electron chi connectivity index (χ0n) is 15.9. The molecule has 0 unspecified atom stereocenters. The Bertz CT molecular complexity index is 1010. The Hall–Kier alpha value is -2.58. The number of rotatable bonds is 6. The molecule has 0 radical (unpaired) electrons. The lowest BCUT2D eigenvalue weighted by molar-refractivity contribution is -0.115. The first-order chi connectivity index (χ1) is 13.4. The van der Waals surface area contributed by atoms with Crippen molar-refractivity contribution in [3.05, 3.63) is 52.5 Å². The van der Waals surface area contributed by atoms with Gasteiger partial charge in [-0.25, -0.2) is 0 Å². The van der Waals surface area contributed by atoms with Crippen molar-refractivity contribution in [3.8, 4) is 11.4 Å². The molecule has 0 saturated carbocycles. The van der Waals surface area contributed by atoms with Gasteiger partial charge in [-0.15, -0.1) is 5.10 Å². The topological polar surface area (TPSA) is 81.9 Å². The van der Waals surface area contributed by atoms with Crippen LogP contribution in [0.15, 0.2) is 41.6 Å². The van der Waals surface area contributed by atoms with Crippen LogP contribution < -0.4 is 10.1 Å². The van der Waals surface area contributed by atoms with Gasteiger partial charge in [-0.1, -0.05) is 35.5 Å². The summed E-state index contributed by atoms with van der Waals surface area (Å²) >= 11 is 7.30. The Morgan fingerprint density at radius 3 is 2.79 bits per heavy atom. The number of thioether (sulfide) groups is 1. The van der Waals surface area contributed by atoms with E-state index in [0.29, 0.717) is 21.6 Å². The fourth-order valence-electron chi connectivity index (χ4n) is 2.58. The zero-order valence-corrected chi connectivity index (χ0v) is 17.5. The van der Waals surface area contributed by atoms with Gasteiger partial charge in [0.2, 0.25) is 11.1 Å². The lowest BCUT2D eigenvalue weighted by atomic mass is 10.1. The summed E-state index contributed by atoms with van der Waals surface area (Å²) in [4.78, 5) is 12.7. The van der Waals surface area contributed by atoms with Crippen LogP contribution in [0.1, 0.15) is 18.1 Å². The van der Waals surface area contributed by atoms with Crippen molar-refractivity contribution in [1.29, 1.82) is 0 Å². The summed E-state index contributed by atoms with van der Waals surface area (Å²) in [5, 5.41) is 15.4. The van der Waals surface area contributed by atoms with Crippen LogP contribution in [0.2, 0.25) is 5.02 Å². The summed E-state index contributed by atoms with van der Waals surface area (Å²) < 4.78 is 6.92. The Morgan fingerprint density at radius 1 is 1.25 bits per heavy atom. The second-order valence-corrected chi connectivity index (χ2v) is 8.00. The van der Waals surface area contributed by atoms with E-state index >= 15 is 0 Å². The molecular formula is C19H20ClN5O2S. The van der Waals surface area contributed by atoms with E-state index in [1.807, 2.05) is 32.0 Å². The number of aryl methyl sites for hydroxylation is 2. The molecule has 1 heterocycles. The molecule has 0 bridgehead atoms. The van der Waals surface area contributed by atoms with Gasteiger partial charge in [-0.3, -0.25) is 4.79 Å². The van der Waals surface area contributed by atoms with E-state index in [1.165, 1.54) is 18.9 Å². The molecule has 0 aliphatic rings. The molecule has 1 atom stereocenters. The molecule has 0 saturated heterocycles. The molecule has 28 heavy (non-hydrogen) atoms. The number of carbonyl (C=O) groups is 1. The summed E-state index contributed by atoms with van der Waals surface area (Å²) in [6.45, 7) is 5.79. The van der Waals surface area contributed by atoms with Crippen molar-refractivity contribution < 1.29 is 9.53 Å². The van der Waals surface area contributed by atoms with E-state index < -0.39 is 5.25 Å². The first-order valence-electron chi connectivity index (χ1n) is 8.56. The van der Waals surface area contributed by atoms with Crippen LogP contribution in [0, 0.1) is 13.8 Å².